The van der Waals surface area contributed by atoms with E-state index in [1.165, 1.54) is 0 Å². The average Bonchev–Trinajstić information content (AvgIpc) is 2.05. The van der Waals surface area contributed by atoms with E-state index in [0.29, 0.717) is 24.2 Å². The van der Waals surface area contributed by atoms with Gasteiger partial charge < -0.3 is 4.74 Å². The lowest BCUT2D eigenvalue weighted by Crippen LogP contribution is -2.32. The SMILES string of the molecule is COC1CCC(=O)C(C(C)C)C1. The fraction of sp³-hybridized carbons (Fsp3) is 0.900. The summed E-state index contributed by atoms with van der Waals surface area (Å²) >= 11 is 0. The predicted octanol–water partition coefficient (Wildman–Crippen LogP) is 2.03. The molecule has 1 saturated carbocycles. The molecule has 0 heterocycles. The first-order valence-corrected chi connectivity index (χ1v) is 4.70. The maximum absolute atomic E-state index is 11.4. The van der Waals surface area contributed by atoms with Crippen LogP contribution in [-0.4, -0.2) is 19.0 Å². The van der Waals surface area contributed by atoms with Crippen molar-refractivity contribution in [2.45, 2.75) is 39.2 Å². The standard InChI is InChI=1S/C10H18O2/c1-7(2)9-6-8(12-3)4-5-10(9)11/h7-9H,4-6H2,1-3H3. The van der Waals surface area contributed by atoms with Gasteiger partial charge in [0.05, 0.1) is 6.10 Å². The zero-order chi connectivity index (χ0) is 9.14. The summed E-state index contributed by atoms with van der Waals surface area (Å²) in [7, 11) is 1.73. The second-order valence-corrected chi connectivity index (χ2v) is 3.95. The van der Waals surface area contributed by atoms with Crippen LogP contribution in [0.2, 0.25) is 0 Å². The highest BCUT2D eigenvalue weighted by Crippen LogP contribution is 2.28. The fourth-order valence-electron chi connectivity index (χ4n) is 1.88. The largest absolute Gasteiger partial charge is 0.381 e. The van der Waals surface area contributed by atoms with Gasteiger partial charge >= 0.3 is 0 Å². The van der Waals surface area contributed by atoms with E-state index in [-0.39, 0.29) is 5.92 Å². The van der Waals surface area contributed by atoms with Crippen LogP contribution in [0.3, 0.4) is 0 Å². The molecule has 2 nitrogen and oxygen atoms in total. The van der Waals surface area contributed by atoms with Crippen molar-refractivity contribution in [1.82, 2.24) is 0 Å². The van der Waals surface area contributed by atoms with Crippen LogP contribution in [0.25, 0.3) is 0 Å². The Balaban J connectivity index is 2.53. The van der Waals surface area contributed by atoms with Crippen LogP contribution in [0.5, 0.6) is 0 Å². The summed E-state index contributed by atoms with van der Waals surface area (Å²) in [6.45, 7) is 4.22. The first kappa shape index (κ1) is 9.72. The molecule has 2 unspecified atom stereocenters. The first-order chi connectivity index (χ1) is 5.65. The Morgan fingerprint density at radius 1 is 1.50 bits per heavy atom. The number of carbonyl (C=O) groups excluding carboxylic acids is 1. The highest BCUT2D eigenvalue weighted by atomic mass is 16.5. The van der Waals surface area contributed by atoms with Crippen molar-refractivity contribution in [2.75, 3.05) is 7.11 Å². The quantitative estimate of drug-likeness (QED) is 0.633. The van der Waals surface area contributed by atoms with Gasteiger partial charge in [0.1, 0.15) is 5.78 Å². The Bertz CT molecular complexity index is 163. The smallest absolute Gasteiger partial charge is 0.136 e. The van der Waals surface area contributed by atoms with Gasteiger partial charge in [-0.25, -0.2) is 0 Å². The number of rotatable bonds is 2. The van der Waals surface area contributed by atoms with E-state index < -0.39 is 0 Å². The van der Waals surface area contributed by atoms with Gasteiger partial charge in [0.25, 0.3) is 0 Å². The van der Waals surface area contributed by atoms with Crippen LogP contribution in [-0.2, 0) is 9.53 Å². The summed E-state index contributed by atoms with van der Waals surface area (Å²) in [6, 6.07) is 0. The van der Waals surface area contributed by atoms with E-state index >= 15 is 0 Å². The van der Waals surface area contributed by atoms with Crippen LogP contribution in [0.1, 0.15) is 33.1 Å². The average molecular weight is 170 g/mol. The predicted molar refractivity (Wildman–Crippen MR) is 48.0 cm³/mol. The molecule has 0 spiro atoms. The maximum Gasteiger partial charge on any atom is 0.136 e. The summed E-state index contributed by atoms with van der Waals surface area (Å²) < 4.78 is 5.27. The van der Waals surface area contributed by atoms with E-state index in [0.717, 1.165) is 12.8 Å². The summed E-state index contributed by atoms with van der Waals surface area (Å²) in [6.07, 6.45) is 2.86. The van der Waals surface area contributed by atoms with E-state index in [2.05, 4.69) is 13.8 Å². The van der Waals surface area contributed by atoms with E-state index in [1.807, 2.05) is 0 Å². The second kappa shape index (κ2) is 4.04. The molecule has 2 heteroatoms. The Hall–Kier alpha value is -0.370. The minimum absolute atomic E-state index is 0.240. The van der Waals surface area contributed by atoms with E-state index in [1.54, 1.807) is 7.11 Å². The Morgan fingerprint density at radius 3 is 2.67 bits per heavy atom. The highest BCUT2D eigenvalue weighted by Gasteiger charge is 2.30. The molecule has 0 aromatic heterocycles. The van der Waals surface area contributed by atoms with Crippen molar-refractivity contribution in [3.63, 3.8) is 0 Å². The van der Waals surface area contributed by atoms with Crippen molar-refractivity contribution in [2.24, 2.45) is 11.8 Å². The molecule has 1 aliphatic carbocycles. The number of ketones is 1. The van der Waals surface area contributed by atoms with E-state index in [4.69, 9.17) is 4.74 Å². The van der Waals surface area contributed by atoms with Gasteiger partial charge in [-0.05, 0) is 18.8 Å². The Morgan fingerprint density at radius 2 is 2.17 bits per heavy atom. The zero-order valence-corrected chi connectivity index (χ0v) is 8.17. The molecule has 0 N–H and O–H groups in total. The van der Waals surface area contributed by atoms with Crippen LogP contribution in [0.4, 0.5) is 0 Å². The van der Waals surface area contributed by atoms with Crippen LogP contribution in [0, 0.1) is 11.8 Å². The molecule has 1 aliphatic rings. The van der Waals surface area contributed by atoms with Gasteiger partial charge in [-0.1, -0.05) is 13.8 Å². The van der Waals surface area contributed by atoms with Gasteiger partial charge in [0.2, 0.25) is 0 Å². The van der Waals surface area contributed by atoms with Crippen molar-refractivity contribution in [3.05, 3.63) is 0 Å². The summed E-state index contributed by atoms with van der Waals surface area (Å²) in [4.78, 5) is 11.4. The summed E-state index contributed by atoms with van der Waals surface area (Å²) in [5, 5.41) is 0. The third-order valence-electron chi connectivity index (χ3n) is 2.78. The molecule has 1 fully saturated rings. The number of hydrogen-bond acceptors (Lipinski definition) is 2. The topological polar surface area (TPSA) is 26.3 Å². The number of ether oxygens (including phenoxy) is 1. The second-order valence-electron chi connectivity index (χ2n) is 3.95. The van der Waals surface area contributed by atoms with Crippen molar-refractivity contribution >= 4 is 5.78 Å². The van der Waals surface area contributed by atoms with Crippen molar-refractivity contribution in [1.29, 1.82) is 0 Å². The molecular formula is C10H18O2. The minimum Gasteiger partial charge on any atom is -0.381 e. The number of hydrogen-bond donors (Lipinski definition) is 0. The molecule has 0 radical (unpaired) electrons. The molecule has 0 aliphatic heterocycles. The minimum atomic E-state index is 0.240. The Labute approximate surface area is 74.3 Å². The van der Waals surface area contributed by atoms with Crippen molar-refractivity contribution < 1.29 is 9.53 Å². The fourth-order valence-corrected chi connectivity index (χ4v) is 1.88. The summed E-state index contributed by atoms with van der Waals surface area (Å²) in [5.74, 6) is 1.14. The first-order valence-electron chi connectivity index (χ1n) is 4.70. The van der Waals surface area contributed by atoms with Crippen LogP contribution in [0.15, 0.2) is 0 Å². The lowest BCUT2D eigenvalue weighted by molar-refractivity contribution is -0.129. The molecule has 0 bridgehead atoms. The molecule has 0 amide bonds. The lowest BCUT2D eigenvalue weighted by Gasteiger charge is -2.29. The van der Waals surface area contributed by atoms with E-state index in [9.17, 15) is 4.79 Å². The van der Waals surface area contributed by atoms with Gasteiger partial charge in [0, 0.05) is 19.4 Å². The van der Waals surface area contributed by atoms with Crippen molar-refractivity contribution in [3.8, 4) is 0 Å². The summed E-state index contributed by atoms with van der Waals surface area (Å²) in [5.41, 5.74) is 0. The molecule has 1 rings (SSSR count). The lowest BCUT2D eigenvalue weighted by atomic mass is 9.79. The van der Waals surface area contributed by atoms with Gasteiger partial charge in [-0.15, -0.1) is 0 Å². The molecule has 70 valence electrons. The van der Waals surface area contributed by atoms with Gasteiger partial charge in [0.15, 0.2) is 0 Å². The monoisotopic (exact) mass is 170 g/mol. The zero-order valence-electron chi connectivity index (χ0n) is 8.17. The highest BCUT2D eigenvalue weighted by molar-refractivity contribution is 5.82. The maximum atomic E-state index is 11.4. The number of methoxy groups -OCH3 is 1. The Kier molecular flexibility index (Phi) is 3.27. The molecule has 0 aromatic rings. The number of Topliss-reactive ketones (excluding diaryl/α,β-unsaturated/α-hetero) is 1. The molecule has 0 saturated heterocycles. The van der Waals surface area contributed by atoms with Gasteiger partial charge in [-0.2, -0.15) is 0 Å². The molecule has 0 aromatic carbocycles. The van der Waals surface area contributed by atoms with Gasteiger partial charge in [-0.3, -0.25) is 4.79 Å². The molecular weight excluding hydrogens is 152 g/mol. The third kappa shape index (κ3) is 2.07. The third-order valence-corrected chi connectivity index (χ3v) is 2.78. The normalized spacial score (nSPS) is 31.2. The molecule has 12 heavy (non-hydrogen) atoms. The van der Waals surface area contributed by atoms with Crippen LogP contribution < -0.4 is 0 Å². The molecule has 2 atom stereocenters. The number of carbonyl (C=O) groups is 1. The van der Waals surface area contributed by atoms with Crippen LogP contribution >= 0.6 is 0 Å².